The summed E-state index contributed by atoms with van der Waals surface area (Å²) in [5.41, 5.74) is 6.30. The van der Waals surface area contributed by atoms with E-state index < -0.39 is 0 Å². The van der Waals surface area contributed by atoms with Crippen LogP contribution in [0.1, 0.15) is 5.89 Å². The fourth-order valence-electron chi connectivity index (χ4n) is 3.99. The smallest absolute Gasteiger partial charge is 0.191 e. The molecular weight excluding hydrogens is 415 g/mol. The Morgan fingerprint density at radius 3 is 2.40 bits per heavy atom. The van der Waals surface area contributed by atoms with Gasteiger partial charge < -0.3 is 8.98 Å². The van der Waals surface area contributed by atoms with Crippen LogP contribution in [0.2, 0.25) is 10.0 Å². The molecule has 0 fully saturated rings. The lowest BCUT2D eigenvalue weighted by atomic mass is 10.0. The molecule has 30 heavy (non-hydrogen) atoms. The molecule has 148 valence electrons. The lowest BCUT2D eigenvalue weighted by Crippen LogP contribution is -1.92. The maximum atomic E-state index is 6.47. The van der Waals surface area contributed by atoms with E-state index in [2.05, 4.69) is 46.9 Å². The van der Waals surface area contributed by atoms with Crippen molar-refractivity contribution in [1.29, 1.82) is 0 Å². The number of nitrogens with zero attached hydrogens (tertiary/aromatic N) is 2. The minimum Gasteiger partial charge on any atom is -0.441 e. The minimum atomic E-state index is 0.623. The predicted octanol–water partition coefficient (Wildman–Crippen LogP) is 7.78. The number of rotatable bonds is 3. The van der Waals surface area contributed by atoms with Crippen molar-refractivity contribution in [2.75, 3.05) is 0 Å². The second kappa shape index (κ2) is 7.35. The Kier molecular flexibility index (Phi) is 4.65. The summed E-state index contributed by atoms with van der Waals surface area (Å²) in [6.45, 7) is 1.86. The van der Waals surface area contributed by atoms with Gasteiger partial charge in [-0.3, -0.25) is 0 Å². The molecule has 2 aromatic heterocycles. The molecule has 5 aromatic rings. The summed E-state index contributed by atoms with van der Waals surface area (Å²) in [6.07, 6.45) is 1.79. The molecule has 0 atom stereocenters. The van der Waals surface area contributed by atoms with Crippen molar-refractivity contribution >= 4 is 34.1 Å². The van der Waals surface area contributed by atoms with Crippen LogP contribution in [-0.4, -0.2) is 9.55 Å². The van der Waals surface area contributed by atoms with Crippen molar-refractivity contribution < 1.29 is 4.42 Å². The molecule has 0 bridgehead atoms. The van der Waals surface area contributed by atoms with Crippen LogP contribution >= 0.6 is 23.2 Å². The van der Waals surface area contributed by atoms with E-state index in [0.717, 1.165) is 44.6 Å². The highest BCUT2D eigenvalue weighted by Gasteiger charge is 2.21. The summed E-state index contributed by atoms with van der Waals surface area (Å²) in [7, 11) is 2.07. The van der Waals surface area contributed by atoms with Crippen molar-refractivity contribution in [3.05, 3.63) is 88.9 Å². The molecular formula is C25H18Cl2N2O. The van der Waals surface area contributed by atoms with Crippen molar-refractivity contribution in [2.24, 2.45) is 7.05 Å². The van der Waals surface area contributed by atoms with E-state index in [1.165, 1.54) is 0 Å². The van der Waals surface area contributed by atoms with Crippen molar-refractivity contribution in [1.82, 2.24) is 9.55 Å². The Labute approximate surface area is 184 Å². The number of oxazole rings is 1. The lowest BCUT2D eigenvalue weighted by Gasteiger charge is -2.08. The number of hydrogen-bond donors (Lipinski definition) is 0. The van der Waals surface area contributed by atoms with Crippen LogP contribution in [0.3, 0.4) is 0 Å². The van der Waals surface area contributed by atoms with Gasteiger partial charge in [0, 0.05) is 40.5 Å². The fraction of sp³-hybridized carbons (Fsp3) is 0.0800. The highest BCUT2D eigenvalue weighted by atomic mass is 35.5. The zero-order valence-electron chi connectivity index (χ0n) is 16.5. The Morgan fingerprint density at radius 1 is 0.900 bits per heavy atom. The van der Waals surface area contributed by atoms with E-state index in [0.29, 0.717) is 15.9 Å². The molecule has 0 amide bonds. The average molecular weight is 433 g/mol. The summed E-state index contributed by atoms with van der Waals surface area (Å²) >= 11 is 12.6. The molecule has 0 unspecified atom stereocenters. The molecule has 5 heteroatoms. The first-order chi connectivity index (χ1) is 14.5. The summed E-state index contributed by atoms with van der Waals surface area (Å²) in [5.74, 6) is 1.40. The maximum Gasteiger partial charge on any atom is 0.191 e. The zero-order valence-corrected chi connectivity index (χ0v) is 18.0. The van der Waals surface area contributed by atoms with Gasteiger partial charge in [-0.25, -0.2) is 4.98 Å². The third kappa shape index (κ3) is 3.11. The SMILES string of the molecule is Cc1ncc(-c2c(-c3ccccc3)n(C)c3cc(-c4ccc(Cl)cc4Cl)ccc23)o1. The summed E-state index contributed by atoms with van der Waals surface area (Å²) in [4.78, 5) is 4.32. The first-order valence-electron chi connectivity index (χ1n) is 9.59. The van der Waals surface area contributed by atoms with Crippen molar-refractivity contribution in [2.45, 2.75) is 6.92 Å². The largest absolute Gasteiger partial charge is 0.441 e. The first kappa shape index (κ1) is 19.0. The van der Waals surface area contributed by atoms with Gasteiger partial charge in [-0.1, -0.05) is 71.7 Å². The van der Waals surface area contributed by atoms with Gasteiger partial charge in [-0.15, -0.1) is 0 Å². The van der Waals surface area contributed by atoms with Gasteiger partial charge in [0.05, 0.1) is 17.5 Å². The summed E-state index contributed by atoms with van der Waals surface area (Å²) in [6, 6.07) is 22.3. The Morgan fingerprint density at radius 2 is 1.70 bits per heavy atom. The first-order valence-corrected chi connectivity index (χ1v) is 10.3. The summed E-state index contributed by atoms with van der Waals surface area (Å²) < 4.78 is 8.14. The quantitative estimate of drug-likeness (QED) is 0.291. The normalized spacial score (nSPS) is 11.3. The van der Waals surface area contributed by atoms with Gasteiger partial charge in [-0.2, -0.15) is 0 Å². The van der Waals surface area contributed by atoms with Crippen LogP contribution in [-0.2, 0) is 7.05 Å². The number of halogens is 2. The third-order valence-corrected chi connectivity index (χ3v) is 5.91. The van der Waals surface area contributed by atoms with Crippen LogP contribution in [0, 0.1) is 6.92 Å². The van der Waals surface area contributed by atoms with Gasteiger partial charge in [0.15, 0.2) is 11.7 Å². The van der Waals surface area contributed by atoms with E-state index in [4.69, 9.17) is 27.6 Å². The monoisotopic (exact) mass is 432 g/mol. The Hall–Kier alpha value is -3.01. The van der Waals surface area contributed by atoms with Gasteiger partial charge in [-0.05, 0) is 29.3 Å². The number of fused-ring (bicyclic) bond motifs is 1. The van der Waals surface area contributed by atoms with E-state index in [1.807, 2.05) is 37.3 Å². The molecule has 0 N–H and O–H groups in total. The number of aryl methyl sites for hydroxylation is 2. The highest BCUT2D eigenvalue weighted by Crippen LogP contribution is 2.42. The van der Waals surface area contributed by atoms with E-state index in [-0.39, 0.29) is 0 Å². The highest BCUT2D eigenvalue weighted by molar-refractivity contribution is 6.36. The number of benzene rings is 3. The van der Waals surface area contributed by atoms with Crippen LogP contribution in [0.4, 0.5) is 0 Å². The molecule has 0 saturated heterocycles. The molecule has 0 saturated carbocycles. The second-order valence-electron chi connectivity index (χ2n) is 7.25. The van der Waals surface area contributed by atoms with E-state index >= 15 is 0 Å². The molecule has 5 rings (SSSR count). The molecule has 0 aliphatic rings. The average Bonchev–Trinajstić information content (AvgIpc) is 3.29. The fourth-order valence-corrected chi connectivity index (χ4v) is 4.51. The number of aromatic nitrogens is 2. The second-order valence-corrected chi connectivity index (χ2v) is 8.09. The molecule has 3 nitrogen and oxygen atoms in total. The van der Waals surface area contributed by atoms with E-state index in [9.17, 15) is 0 Å². The van der Waals surface area contributed by atoms with Gasteiger partial charge in [0.25, 0.3) is 0 Å². The van der Waals surface area contributed by atoms with Crippen LogP contribution < -0.4 is 0 Å². The molecule has 0 spiro atoms. The van der Waals surface area contributed by atoms with E-state index in [1.54, 1.807) is 12.3 Å². The Bertz CT molecular complexity index is 1380. The number of hydrogen-bond acceptors (Lipinski definition) is 2. The topological polar surface area (TPSA) is 31.0 Å². The van der Waals surface area contributed by atoms with Crippen LogP contribution in [0.5, 0.6) is 0 Å². The molecule has 0 radical (unpaired) electrons. The van der Waals surface area contributed by atoms with Crippen molar-refractivity contribution in [3.8, 4) is 33.7 Å². The van der Waals surface area contributed by atoms with Gasteiger partial charge >= 0.3 is 0 Å². The lowest BCUT2D eigenvalue weighted by molar-refractivity contribution is 0.535. The molecule has 0 aliphatic heterocycles. The molecule has 0 aliphatic carbocycles. The molecule has 3 aromatic carbocycles. The third-order valence-electron chi connectivity index (χ3n) is 5.36. The maximum absolute atomic E-state index is 6.47. The van der Waals surface area contributed by atoms with Crippen LogP contribution in [0.15, 0.2) is 77.3 Å². The van der Waals surface area contributed by atoms with Gasteiger partial charge in [0.2, 0.25) is 0 Å². The Balaban J connectivity index is 1.81. The van der Waals surface area contributed by atoms with Gasteiger partial charge in [0.1, 0.15) is 0 Å². The molecule has 2 heterocycles. The predicted molar refractivity (Wildman–Crippen MR) is 124 cm³/mol. The van der Waals surface area contributed by atoms with Crippen molar-refractivity contribution in [3.63, 3.8) is 0 Å². The zero-order chi connectivity index (χ0) is 20.8. The summed E-state index contributed by atoms with van der Waals surface area (Å²) in [5, 5.41) is 2.35. The minimum absolute atomic E-state index is 0.623. The standard InChI is InChI=1S/C25H18Cl2N2O/c1-15-28-14-23(30-15)24-20-10-8-17(19-11-9-18(26)13-21(19)27)12-22(20)29(2)25(24)16-6-4-3-5-7-16/h3-14H,1-2H3. The van der Waals surface area contributed by atoms with Crippen LogP contribution in [0.25, 0.3) is 44.6 Å².